The van der Waals surface area contributed by atoms with Crippen molar-refractivity contribution in [3.8, 4) is 11.5 Å². The third-order valence-electron chi connectivity index (χ3n) is 6.84. The topological polar surface area (TPSA) is 98.6 Å². The number of hydrazone groups is 2. The number of nitrogens with zero attached hydrogens (tertiary/aromatic N) is 4. The number of carbonyl (C=O) groups excluding carboxylic acids is 2. The van der Waals surface area contributed by atoms with Crippen molar-refractivity contribution in [2.45, 2.75) is 13.8 Å². The molecule has 0 bridgehead atoms. The van der Waals surface area contributed by atoms with Gasteiger partial charge in [0.2, 0.25) is 0 Å². The van der Waals surface area contributed by atoms with Crippen molar-refractivity contribution in [1.82, 2.24) is 0 Å². The molecule has 2 amide bonds. The zero-order valence-electron chi connectivity index (χ0n) is 23.6. The first-order valence-corrected chi connectivity index (χ1v) is 13.7. The Morgan fingerprint density at radius 2 is 0.930 bits per heavy atom. The summed E-state index contributed by atoms with van der Waals surface area (Å²) in [5.74, 6) is 0.959. The van der Waals surface area contributed by atoms with E-state index in [4.69, 9.17) is 4.74 Å². The van der Waals surface area contributed by atoms with Crippen molar-refractivity contribution in [2.75, 3.05) is 20.7 Å². The van der Waals surface area contributed by atoms with E-state index in [9.17, 15) is 9.59 Å². The van der Waals surface area contributed by atoms with E-state index in [0.717, 1.165) is 22.7 Å². The Balaban J connectivity index is 1.04. The number of para-hydroxylation sites is 2. The van der Waals surface area contributed by atoms with E-state index in [-0.39, 0.29) is 11.8 Å². The maximum atomic E-state index is 12.9. The summed E-state index contributed by atoms with van der Waals surface area (Å²) in [6, 6.07) is 33.5. The molecule has 0 aromatic heterocycles. The quantitative estimate of drug-likeness (QED) is 0.225. The SMILES string of the molecule is CC1=NN(c2ccccc2)C(=O)/C1=C/Nc1ccc(Oc2ccc(N/C=C3/C(=O)N(c4ccccc4)N=C3C)cc2)cc1. The van der Waals surface area contributed by atoms with Crippen molar-refractivity contribution >= 4 is 46.0 Å². The van der Waals surface area contributed by atoms with Crippen LogP contribution in [0, 0.1) is 0 Å². The first-order chi connectivity index (χ1) is 21.0. The summed E-state index contributed by atoms with van der Waals surface area (Å²) < 4.78 is 5.99. The van der Waals surface area contributed by atoms with Gasteiger partial charge in [-0.15, -0.1) is 0 Å². The molecule has 0 saturated carbocycles. The molecule has 0 aliphatic carbocycles. The van der Waals surface area contributed by atoms with E-state index < -0.39 is 0 Å². The molecular weight excluding hydrogens is 540 g/mol. The van der Waals surface area contributed by atoms with Crippen molar-refractivity contribution in [2.24, 2.45) is 10.2 Å². The monoisotopic (exact) mass is 568 g/mol. The van der Waals surface area contributed by atoms with Gasteiger partial charge in [-0.1, -0.05) is 36.4 Å². The first kappa shape index (κ1) is 27.2. The van der Waals surface area contributed by atoms with Gasteiger partial charge in [-0.3, -0.25) is 9.59 Å². The number of anilines is 4. The largest absolute Gasteiger partial charge is 0.457 e. The lowest BCUT2D eigenvalue weighted by molar-refractivity contribution is -0.115. The number of hydrogen-bond donors (Lipinski definition) is 2. The highest BCUT2D eigenvalue weighted by molar-refractivity contribution is 6.30. The van der Waals surface area contributed by atoms with Crippen LogP contribution >= 0.6 is 0 Å². The Morgan fingerprint density at radius 3 is 1.30 bits per heavy atom. The summed E-state index contributed by atoms with van der Waals surface area (Å²) in [5.41, 5.74) is 5.34. The van der Waals surface area contributed by atoms with Gasteiger partial charge in [-0.05, 0) is 86.6 Å². The maximum absolute atomic E-state index is 12.9. The fourth-order valence-corrected chi connectivity index (χ4v) is 4.54. The number of ether oxygens (including phenoxy) is 1. The second-order valence-corrected chi connectivity index (χ2v) is 9.83. The van der Waals surface area contributed by atoms with Crippen LogP contribution in [0.3, 0.4) is 0 Å². The molecule has 0 fully saturated rings. The molecule has 6 rings (SSSR count). The van der Waals surface area contributed by atoms with Crippen molar-refractivity contribution in [3.63, 3.8) is 0 Å². The van der Waals surface area contributed by atoms with Gasteiger partial charge < -0.3 is 15.4 Å². The van der Waals surface area contributed by atoms with Gasteiger partial charge in [-0.2, -0.15) is 20.2 Å². The van der Waals surface area contributed by atoms with Gasteiger partial charge in [0, 0.05) is 23.8 Å². The van der Waals surface area contributed by atoms with E-state index in [1.807, 2.05) is 123 Å². The summed E-state index contributed by atoms with van der Waals surface area (Å²) in [6.07, 6.45) is 3.35. The standard InChI is InChI=1S/C34H28N6O3/c1-23-31(33(41)39(37-23)27-9-5-3-6-10-27)21-35-25-13-17-29(18-14-25)43-30-19-15-26(16-20-30)36-22-32-24(2)38-40(34(32)42)28-11-7-4-8-12-28/h3-22,35-36H,1-2H3/b31-21+,32-22+. The Kier molecular flexibility index (Phi) is 7.52. The van der Waals surface area contributed by atoms with E-state index in [1.165, 1.54) is 10.0 Å². The van der Waals surface area contributed by atoms with Gasteiger partial charge in [-0.25, -0.2) is 0 Å². The molecule has 9 heteroatoms. The first-order valence-electron chi connectivity index (χ1n) is 13.7. The molecule has 2 aliphatic heterocycles. The minimum Gasteiger partial charge on any atom is -0.457 e. The van der Waals surface area contributed by atoms with Gasteiger partial charge >= 0.3 is 0 Å². The van der Waals surface area contributed by atoms with Gasteiger partial charge in [0.05, 0.1) is 33.9 Å². The zero-order valence-corrected chi connectivity index (χ0v) is 23.6. The Morgan fingerprint density at radius 1 is 0.558 bits per heavy atom. The predicted molar refractivity (Wildman–Crippen MR) is 170 cm³/mol. The van der Waals surface area contributed by atoms with Crippen molar-refractivity contribution in [1.29, 1.82) is 0 Å². The molecule has 0 saturated heterocycles. The minimum absolute atomic E-state index is 0.183. The molecule has 2 heterocycles. The summed E-state index contributed by atoms with van der Waals surface area (Å²) in [7, 11) is 0. The van der Waals surface area contributed by atoms with E-state index in [1.54, 1.807) is 12.4 Å². The molecule has 0 spiro atoms. The number of carbonyl (C=O) groups is 2. The van der Waals surface area contributed by atoms with Crippen LogP contribution in [0.2, 0.25) is 0 Å². The number of hydrogen-bond acceptors (Lipinski definition) is 7. The van der Waals surface area contributed by atoms with Crippen LogP contribution in [0.5, 0.6) is 11.5 Å². The number of nitrogens with one attached hydrogen (secondary N) is 2. The summed E-state index contributed by atoms with van der Waals surface area (Å²) in [4.78, 5) is 25.8. The lowest BCUT2D eigenvalue weighted by atomic mass is 10.2. The highest BCUT2D eigenvalue weighted by Gasteiger charge is 2.29. The van der Waals surface area contributed by atoms with Crippen LogP contribution in [0.1, 0.15) is 13.8 Å². The second-order valence-electron chi connectivity index (χ2n) is 9.83. The molecule has 9 nitrogen and oxygen atoms in total. The van der Waals surface area contributed by atoms with Crippen LogP contribution in [0.25, 0.3) is 0 Å². The smallest absolute Gasteiger partial charge is 0.282 e. The second kappa shape index (κ2) is 11.9. The van der Waals surface area contributed by atoms with Gasteiger partial charge in [0.25, 0.3) is 11.8 Å². The van der Waals surface area contributed by atoms with Crippen molar-refractivity contribution in [3.05, 3.63) is 133 Å². The van der Waals surface area contributed by atoms with Crippen LogP contribution < -0.4 is 25.4 Å². The molecule has 212 valence electrons. The Labute approximate surface area is 249 Å². The average molecular weight is 569 g/mol. The molecule has 4 aromatic carbocycles. The fraction of sp³-hybridized carbons (Fsp3) is 0.0588. The zero-order chi connectivity index (χ0) is 29.8. The average Bonchev–Trinajstić information content (AvgIpc) is 3.49. The summed E-state index contributed by atoms with van der Waals surface area (Å²) >= 11 is 0. The minimum atomic E-state index is -0.183. The van der Waals surface area contributed by atoms with Gasteiger partial charge in [0.15, 0.2) is 0 Å². The molecule has 0 unspecified atom stereocenters. The highest BCUT2D eigenvalue weighted by atomic mass is 16.5. The summed E-state index contributed by atoms with van der Waals surface area (Å²) in [5, 5.41) is 18.0. The lowest BCUT2D eigenvalue weighted by Gasteiger charge is -2.11. The molecule has 4 aromatic rings. The van der Waals surface area contributed by atoms with Crippen LogP contribution in [-0.4, -0.2) is 23.2 Å². The fourth-order valence-electron chi connectivity index (χ4n) is 4.54. The third kappa shape index (κ3) is 5.91. The van der Waals surface area contributed by atoms with Crippen LogP contribution in [0.15, 0.2) is 143 Å². The summed E-state index contributed by atoms with van der Waals surface area (Å²) in [6.45, 7) is 3.62. The maximum Gasteiger partial charge on any atom is 0.282 e. The highest BCUT2D eigenvalue weighted by Crippen LogP contribution is 2.27. The van der Waals surface area contributed by atoms with Gasteiger partial charge in [0.1, 0.15) is 11.5 Å². The normalized spacial score (nSPS) is 16.5. The molecule has 2 aliphatic rings. The number of rotatable bonds is 8. The van der Waals surface area contributed by atoms with E-state index in [0.29, 0.717) is 34.1 Å². The van der Waals surface area contributed by atoms with E-state index >= 15 is 0 Å². The Hall–Kier alpha value is -5.96. The van der Waals surface area contributed by atoms with E-state index in [2.05, 4.69) is 20.8 Å². The van der Waals surface area contributed by atoms with Crippen LogP contribution in [0.4, 0.5) is 22.7 Å². The Bertz CT molecular complexity index is 1640. The number of amides is 2. The molecule has 2 N–H and O–H groups in total. The predicted octanol–water partition coefficient (Wildman–Crippen LogP) is 6.92. The molecular formula is C34H28N6O3. The van der Waals surface area contributed by atoms with Crippen LogP contribution in [-0.2, 0) is 9.59 Å². The molecule has 43 heavy (non-hydrogen) atoms. The van der Waals surface area contributed by atoms with Crippen molar-refractivity contribution < 1.29 is 14.3 Å². The number of benzene rings is 4. The lowest BCUT2D eigenvalue weighted by Crippen LogP contribution is -2.21. The molecule has 0 radical (unpaired) electrons. The third-order valence-corrected chi connectivity index (χ3v) is 6.84. The molecule has 0 atom stereocenters.